The first kappa shape index (κ1) is 15.5. The number of likely N-dealkylation sites (tertiary alicyclic amines) is 1. The van der Waals surface area contributed by atoms with E-state index in [4.69, 9.17) is 0 Å². The second kappa shape index (κ2) is 5.92. The molecule has 2 fully saturated rings. The van der Waals surface area contributed by atoms with Gasteiger partial charge in [-0.25, -0.2) is 4.68 Å². The van der Waals surface area contributed by atoms with Crippen LogP contribution < -0.4 is 11.1 Å². The van der Waals surface area contributed by atoms with Crippen molar-refractivity contribution < 1.29 is 0 Å². The van der Waals surface area contributed by atoms with Gasteiger partial charge in [0.2, 0.25) is 0 Å². The Morgan fingerprint density at radius 2 is 2.04 bits per heavy atom. The molecule has 6 nitrogen and oxygen atoms in total. The summed E-state index contributed by atoms with van der Waals surface area (Å²) in [6, 6.07) is 2.17. The molecular formula is C18H22N4O2S. The normalized spacial score (nSPS) is 25.8. The van der Waals surface area contributed by atoms with E-state index in [-0.39, 0.29) is 11.5 Å². The Balaban J connectivity index is 1.41. The summed E-state index contributed by atoms with van der Waals surface area (Å²) in [5, 5.41) is 8.96. The Morgan fingerprint density at radius 1 is 1.16 bits per heavy atom. The molecule has 0 unspecified atom stereocenters. The highest BCUT2D eigenvalue weighted by atomic mass is 32.1. The smallest absolute Gasteiger partial charge is 0.298 e. The van der Waals surface area contributed by atoms with E-state index in [1.165, 1.54) is 16.7 Å². The second-order valence-corrected chi connectivity index (χ2v) is 8.53. The highest BCUT2D eigenvalue weighted by molar-refractivity contribution is 7.07. The molecule has 4 heterocycles. The average Bonchev–Trinajstić information content (AvgIpc) is 3.25. The van der Waals surface area contributed by atoms with Crippen molar-refractivity contribution in [3.05, 3.63) is 48.9 Å². The molecular weight excluding hydrogens is 336 g/mol. The molecule has 0 spiro atoms. The Kier molecular flexibility index (Phi) is 3.67. The Bertz CT molecular complexity index is 897. The molecule has 0 radical (unpaired) electrons. The Labute approximate surface area is 149 Å². The lowest BCUT2D eigenvalue weighted by Crippen LogP contribution is -2.45. The fraction of sp³-hybridized carbons (Fsp3) is 0.611. The monoisotopic (exact) mass is 358 g/mol. The maximum Gasteiger partial charge on any atom is 0.332 e. The van der Waals surface area contributed by atoms with E-state index in [0.29, 0.717) is 24.9 Å². The highest BCUT2D eigenvalue weighted by Crippen LogP contribution is 2.37. The first-order valence-corrected chi connectivity index (χ1v) is 10.1. The molecule has 2 aliphatic heterocycles. The van der Waals surface area contributed by atoms with E-state index < -0.39 is 5.56 Å². The third-order valence-corrected chi connectivity index (χ3v) is 6.80. The molecule has 7 heteroatoms. The summed E-state index contributed by atoms with van der Waals surface area (Å²) in [4.78, 5) is 27.3. The largest absolute Gasteiger partial charge is 0.332 e. The topological polar surface area (TPSA) is 60.1 Å². The van der Waals surface area contributed by atoms with Crippen LogP contribution >= 0.6 is 11.3 Å². The zero-order valence-electron chi connectivity index (χ0n) is 14.1. The van der Waals surface area contributed by atoms with Crippen LogP contribution in [0.5, 0.6) is 0 Å². The van der Waals surface area contributed by atoms with Crippen molar-refractivity contribution in [3.8, 4) is 0 Å². The van der Waals surface area contributed by atoms with Crippen LogP contribution in [0.3, 0.4) is 0 Å². The molecule has 2 aromatic rings. The first-order valence-electron chi connectivity index (χ1n) is 9.14. The zero-order chi connectivity index (χ0) is 17.0. The molecule has 25 heavy (non-hydrogen) atoms. The van der Waals surface area contributed by atoms with Crippen molar-refractivity contribution in [1.29, 1.82) is 0 Å². The number of hydrogen-bond donors (Lipinski definition) is 0. The van der Waals surface area contributed by atoms with Gasteiger partial charge in [0.1, 0.15) is 5.82 Å². The molecule has 3 aliphatic rings. The molecule has 0 aromatic carbocycles. The van der Waals surface area contributed by atoms with Crippen LogP contribution in [0.25, 0.3) is 0 Å². The lowest BCUT2D eigenvalue weighted by atomic mass is 9.85. The van der Waals surface area contributed by atoms with E-state index in [0.717, 1.165) is 38.3 Å². The predicted octanol–water partition coefficient (Wildman–Crippen LogP) is 1.50. The zero-order valence-corrected chi connectivity index (χ0v) is 15.0. The lowest BCUT2D eigenvalue weighted by molar-refractivity contribution is 0.256. The van der Waals surface area contributed by atoms with Crippen molar-refractivity contribution in [2.24, 2.45) is 11.8 Å². The van der Waals surface area contributed by atoms with Crippen molar-refractivity contribution in [2.45, 2.75) is 44.8 Å². The molecule has 132 valence electrons. The predicted molar refractivity (Wildman–Crippen MR) is 95.9 cm³/mol. The quantitative estimate of drug-likeness (QED) is 0.777. The van der Waals surface area contributed by atoms with Gasteiger partial charge in [0.15, 0.2) is 0 Å². The minimum Gasteiger partial charge on any atom is -0.298 e. The van der Waals surface area contributed by atoms with Gasteiger partial charge in [-0.1, -0.05) is 6.42 Å². The summed E-state index contributed by atoms with van der Waals surface area (Å²) < 4.78 is 3.11. The van der Waals surface area contributed by atoms with Crippen molar-refractivity contribution in [1.82, 2.24) is 19.2 Å². The van der Waals surface area contributed by atoms with Gasteiger partial charge in [0, 0.05) is 44.6 Å². The molecule has 5 rings (SSSR count). The summed E-state index contributed by atoms with van der Waals surface area (Å²) in [5.74, 6) is 2.03. The minimum atomic E-state index is -0.439. The van der Waals surface area contributed by atoms with Gasteiger partial charge in [0.25, 0.3) is 0 Å². The van der Waals surface area contributed by atoms with Crippen LogP contribution in [0.1, 0.15) is 36.6 Å². The lowest BCUT2D eigenvalue weighted by Gasteiger charge is -2.25. The van der Waals surface area contributed by atoms with Crippen molar-refractivity contribution in [3.63, 3.8) is 0 Å². The number of nitrogens with zero attached hydrogens (tertiary/aromatic N) is 4. The fourth-order valence-corrected chi connectivity index (χ4v) is 5.15. The van der Waals surface area contributed by atoms with Gasteiger partial charge >= 0.3 is 11.1 Å². The fourth-order valence-electron chi connectivity index (χ4n) is 4.49. The van der Waals surface area contributed by atoms with E-state index in [9.17, 15) is 9.59 Å². The van der Waals surface area contributed by atoms with Crippen LogP contribution in [0.4, 0.5) is 0 Å². The number of fused-ring (bicyclic) bond motifs is 3. The highest BCUT2D eigenvalue weighted by Gasteiger charge is 2.42. The summed E-state index contributed by atoms with van der Waals surface area (Å²) in [6.07, 6.45) is 3.52. The van der Waals surface area contributed by atoms with Crippen LogP contribution in [0, 0.1) is 11.8 Å². The van der Waals surface area contributed by atoms with E-state index in [1.54, 1.807) is 15.9 Å². The third kappa shape index (κ3) is 2.60. The molecule has 1 aliphatic carbocycles. The average molecular weight is 358 g/mol. The van der Waals surface area contributed by atoms with E-state index in [2.05, 4.69) is 26.8 Å². The van der Waals surface area contributed by atoms with Gasteiger partial charge in [-0.2, -0.15) is 16.4 Å². The van der Waals surface area contributed by atoms with Crippen LogP contribution in [-0.4, -0.2) is 32.3 Å². The summed E-state index contributed by atoms with van der Waals surface area (Å²) in [5.41, 5.74) is 0.541. The van der Waals surface area contributed by atoms with Gasteiger partial charge in [-0.05, 0) is 41.1 Å². The van der Waals surface area contributed by atoms with Crippen molar-refractivity contribution in [2.75, 3.05) is 13.1 Å². The summed E-state index contributed by atoms with van der Waals surface area (Å²) in [7, 11) is 0. The summed E-state index contributed by atoms with van der Waals surface area (Å²) >= 11 is 1.73. The Morgan fingerprint density at radius 3 is 2.76 bits per heavy atom. The molecule has 1 saturated heterocycles. The Hall–Kier alpha value is -1.73. The molecule has 0 N–H and O–H groups in total. The first-order chi connectivity index (χ1) is 12.2. The minimum absolute atomic E-state index is 0.277. The molecule has 0 amide bonds. The number of hydrogen-bond acceptors (Lipinski definition) is 5. The molecule has 2 aromatic heterocycles. The number of thiophene rings is 1. The number of rotatable bonds is 4. The second-order valence-electron chi connectivity index (χ2n) is 7.75. The molecule has 2 atom stereocenters. The van der Waals surface area contributed by atoms with E-state index >= 15 is 0 Å². The van der Waals surface area contributed by atoms with Gasteiger partial charge in [0.05, 0.1) is 0 Å². The standard InChI is InChI=1S/C18H22N4O2S/c23-17-18(24)22(7-12-2-1-3-12)19-16-15-10-20(6-13-4-5-25-11-13)8-14(15)9-21(16)17/h4-5,11-12,14-15H,1-3,6-10H2/t14-,15-/m1/s1. The van der Waals surface area contributed by atoms with Gasteiger partial charge < -0.3 is 0 Å². The SMILES string of the molecule is O=c1c(=O)n2c(nn1CC1CCC1)[C@@H]1CN(Cc3ccsc3)C[C@@H]1C2. The van der Waals surface area contributed by atoms with E-state index in [1.807, 2.05) is 0 Å². The third-order valence-electron chi connectivity index (χ3n) is 6.07. The summed E-state index contributed by atoms with van der Waals surface area (Å²) in [6.45, 7) is 4.11. The van der Waals surface area contributed by atoms with Gasteiger partial charge in [-0.3, -0.25) is 19.1 Å². The van der Waals surface area contributed by atoms with Crippen molar-refractivity contribution >= 4 is 11.3 Å². The van der Waals surface area contributed by atoms with Crippen LogP contribution in [-0.2, 0) is 19.6 Å². The molecule has 0 bridgehead atoms. The maximum absolute atomic E-state index is 12.5. The van der Waals surface area contributed by atoms with Crippen LogP contribution in [0.15, 0.2) is 26.4 Å². The molecule has 1 saturated carbocycles. The maximum atomic E-state index is 12.5. The number of aromatic nitrogens is 3. The van der Waals surface area contributed by atoms with Gasteiger partial charge in [-0.15, -0.1) is 0 Å². The van der Waals surface area contributed by atoms with Crippen LogP contribution in [0.2, 0.25) is 0 Å².